The third kappa shape index (κ3) is 1.72. The first-order valence-corrected chi connectivity index (χ1v) is 3.92. The van der Waals surface area contributed by atoms with Gasteiger partial charge in [-0.2, -0.15) is 5.26 Å². The molecule has 0 amide bonds. The number of rotatable bonds is 0. The second kappa shape index (κ2) is 4.08. The molecule has 2 aliphatic rings. The molecule has 0 radical (unpaired) electrons. The standard InChI is InChI=1S/C10H8N2.ClH/c11-5-9-7-12-6-8-3-1-2-4-10(8)9;/h1-4,6-7,10,12H;1H. The predicted molar refractivity (Wildman–Crippen MR) is 45.5 cm³/mol. The number of hydrogen-bond acceptors (Lipinski definition) is 1. The SMILES string of the molecule is N#CC1=C[NH2+]C=C2C=CC=CC12.[Cl-]. The number of nitrogens with two attached hydrogens (primary N) is 1. The third-order valence-corrected chi connectivity index (χ3v) is 2.09. The quantitative estimate of drug-likeness (QED) is 0.457. The van der Waals surface area contributed by atoms with Gasteiger partial charge in [0.25, 0.3) is 0 Å². The lowest BCUT2D eigenvalue weighted by atomic mass is 9.88. The normalized spacial score (nSPS) is 23.5. The molecule has 1 unspecified atom stereocenters. The van der Waals surface area contributed by atoms with Crippen molar-refractivity contribution in [2.45, 2.75) is 0 Å². The zero-order valence-electron chi connectivity index (χ0n) is 6.94. The highest BCUT2D eigenvalue weighted by molar-refractivity contribution is 5.44. The van der Waals surface area contributed by atoms with Crippen LogP contribution in [0.2, 0.25) is 0 Å². The van der Waals surface area contributed by atoms with Gasteiger partial charge in [0.15, 0.2) is 0 Å². The van der Waals surface area contributed by atoms with Crippen molar-refractivity contribution < 1.29 is 17.7 Å². The fourth-order valence-electron chi connectivity index (χ4n) is 1.47. The smallest absolute Gasteiger partial charge is 0.112 e. The Morgan fingerprint density at radius 3 is 2.92 bits per heavy atom. The van der Waals surface area contributed by atoms with Crippen LogP contribution in [-0.4, -0.2) is 0 Å². The van der Waals surface area contributed by atoms with Crippen LogP contribution in [0.25, 0.3) is 0 Å². The zero-order valence-corrected chi connectivity index (χ0v) is 7.70. The van der Waals surface area contributed by atoms with E-state index in [0.29, 0.717) is 0 Å². The molecule has 1 atom stereocenters. The maximum atomic E-state index is 8.81. The summed E-state index contributed by atoms with van der Waals surface area (Å²) >= 11 is 0. The Kier molecular flexibility index (Phi) is 3.07. The molecule has 0 aromatic rings. The molecular formula is C10H9ClN2. The highest BCUT2D eigenvalue weighted by Gasteiger charge is 2.21. The monoisotopic (exact) mass is 192 g/mol. The van der Waals surface area contributed by atoms with Crippen molar-refractivity contribution in [3.63, 3.8) is 0 Å². The molecule has 0 fully saturated rings. The van der Waals surface area contributed by atoms with Gasteiger partial charge in [-0.15, -0.1) is 0 Å². The van der Waals surface area contributed by atoms with Gasteiger partial charge in [0, 0.05) is 11.5 Å². The molecule has 3 heteroatoms. The Balaban J connectivity index is 0.000000845. The lowest BCUT2D eigenvalue weighted by Gasteiger charge is -2.16. The molecule has 0 saturated heterocycles. The minimum absolute atomic E-state index is 0. The first-order chi connectivity index (χ1) is 5.92. The summed E-state index contributed by atoms with van der Waals surface area (Å²) < 4.78 is 0. The molecule has 0 saturated carbocycles. The maximum absolute atomic E-state index is 8.81. The van der Waals surface area contributed by atoms with Crippen LogP contribution in [0.5, 0.6) is 0 Å². The van der Waals surface area contributed by atoms with Crippen molar-refractivity contribution in [3.05, 3.63) is 47.9 Å². The lowest BCUT2D eigenvalue weighted by Crippen LogP contribution is -3.00. The summed E-state index contributed by atoms with van der Waals surface area (Å²) in [4.78, 5) is 0. The molecule has 2 nitrogen and oxygen atoms in total. The molecule has 1 heterocycles. The van der Waals surface area contributed by atoms with E-state index in [1.54, 1.807) is 0 Å². The fourth-order valence-corrected chi connectivity index (χ4v) is 1.47. The second-order valence-electron chi connectivity index (χ2n) is 2.81. The van der Waals surface area contributed by atoms with Crippen molar-refractivity contribution in [2.24, 2.45) is 5.92 Å². The number of quaternary nitrogens is 1. The van der Waals surface area contributed by atoms with Gasteiger partial charge in [-0.25, -0.2) is 0 Å². The van der Waals surface area contributed by atoms with Crippen LogP contribution in [0.4, 0.5) is 0 Å². The van der Waals surface area contributed by atoms with E-state index in [1.165, 1.54) is 5.57 Å². The average molecular weight is 193 g/mol. The van der Waals surface area contributed by atoms with Crippen LogP contribution in [-0.2, 0) is 0 Å². The minimum Gasteiger partial charge on any atom is -1.00 e. The van der Waals surface area contributed by atoms with E-state index in [0.717, 1.165) is 5.57 Å². The zero-order chi connectivity index (χ0) is 8.39. The Morgan fingerprint density at radius 2 is 2.15 bits per heavy atom. The van der Waals surface area contributed by atoms with Crippen LogP contribution in [0.1, 0.15) is 0 Å². The average Bonchev–Trinajstić information content (AvgIpc) is 2.17. The van der Waals surface area contributed by atoms with E-state index in [-0.39, 0.29) is 18.3 Å². The highest BCUT2D eigenvalue weighted by Crippen LogP contribution is 2.25. The van der Waals surface area contributed by atoms with Crippen molar-refractivity contribution in [2.75, 3.05) is 0 Å². The lowest BCUT2D eigenvalue weighted by molar-refractivity contribution is -0.517. The number of nitrogens with zero attached hydrogens (tertiary/aromatic N) is 1. The molecule has 2 rings (SSSR count). The summed E-state index contributed by atoms with van der Waals surface area (Å²) in [6.45, 7) is 0. The van der Waals surface area contributed by atoms with Crippen molar-refractivity contribution in [3.8, 4) is 6.07 Å². The van der Waals surface area contributed by atoms with Gasteiger partial charge in [0.2, 0.25) is 0 Å². The highest BCUT2D eigenvalue weighted by atomic mass is 35.5. The minimum atomic E-state index is 0. The molecule has 2 N–H and O–H groups in total. The van der Waals surface area contributed by atoms with Gasteiger partial charge in [-0.1, -0.05) is 24.3 Å². The van der Waals surface area contributed by atoms with E-state index in [4.69, 9.17) is 5.26 Å². The summed E-state index contributed by atoms with van der Waals surface area (Å²) in [5.41, 5.74) is 2.03. The van der Waals surface area contributed by atoms with Crippen LogP contribution < -0.4 is 17.7 Å². The van der Waals surface area contributed by atoms with Gasteiger partial charge in [-0.3, -0.25) is 5.32 Å². The molecule has 13 heavy (non-hydrogen) atoms. The summed E-state index contributed by atoms with van der Waals surface area (Å²) in [6, 6.07) is 2.21. The first-order valence-electron chi connectivity index (χ1n) is 3.92. The number of fused-ring (bicyclic) bond motifs is 1. The largest absolute Gasteiger partial charge is 1.00 e. The van der Waals surface area contributed by atoms with E-state index in [2.05, 4.69) is 6.07 Å². The Hall–Kier alpha value is -1.30. The molecule has 66 valence electrons. The topological polar surface area (TPSA) is 40.4 Å². The Labute approximate surface area is 83.3 Å². The molecular weight excluding hydrogens is 184 g/mol. The fraction of sp³-hybridized carbons (Fsp3) is 0.100. The molecule has 0 aromatic carbocycles. The third-order valence-electron chi connectivity index (χ3n) is 2.09. The van der Waals surface area contributed by atoms with Crippen molar-refractivity contribution in [1.29, 1.82) is 5.26 Å². The summed E-state index contributed by atoms with van der Waals surface area (Å²) in [5.74, 6) is 0.199. The van der Waals surface area contributed by atoms with Crippen molar-refractivity contribution >= 4 is 0 Å². The summed E-state index contributed by atoms with van der Waals surface area (Å²) in [7, 11) is 0. The summed E-state index contributed by atoms with van der Waals surface area (Å²) in [6.07, 6.45) is 12.0. The van der Waals surface area contributed by atoms with Crippen LogP contribution in [0.15, 0.2) is 47.9 Å². The second-order valence-corrected chi connectivity index (χ2v) is 2.81. The van der Waals surface area contributed by atoms with Crippen molar-refractivity contribution in [1.82, 2.24) is 0 Å². The van der Waals surface area contributed by atoms with Crippen LogP contribution in [0, 0.1) is 17.2 Å². The van der Waals surface area contributed by atoms with Gasteiger partial charge in [0.1, 0.15) is 18.5 Å². The molecule has 1 aliphatic carbocycles. The summed E-state index contributed by atoms with van der Waals surface area (Å²) in [5, 5.41) is 10.7. The van der Waals surface area contributed by atoms with Crippen LogP contribution >= 0.6 is 0 Å². The van der Waals surface area contributed by atoms with E-state index in [1.807, 2.05) is 42.0 Å². The van der Waals surface area contributed by atoms with Gasteiger partial charge in [0.05, 0.1) is 5.57 Å². The van der Waals surface area contributed by atoms with Gasteiger partial charge in [-0.05, 0) is 0 Å². The molecule has 0 bridgehead atoms. The van der Waals surface area contributed by atoms with E-state index >= 15 is 0 Å². The predicted octanol–water partition coefficient (Wildman–Crippen LogP) is -2.40. The molecule has 0 spiro atoms. The van der Waals surface area contributed by atoms with E-state index < -0.39 is 0 Å². The van der Waals surface area contributed by atoms with Gasteiger partial charge < -0.3 is 12.4 Å². The number of halogens is 1. The number of hydrogen-bond donors (Lipinski definition) is 1. The maximum Gasteiger partial charge on any atom is 0.112 e. The first kappa shape index (κ1) is 9.79. The Morgan fingerprint density at radius 1 is 1.31 bits per heavy atom. The van der Waals surface area contributed by atoms with E-state index in [9.17, 15) is 0 Å². The molecule has 1 aliphatic heterocycles. The Bertz CT molecular complexity index is 356. The number of allylic oxidation sites excluding steroid dienone is 6. The number of nitriles is 1. The van der Waals surface area contributed by atoms with Gasteiger partial charge >= 0.3 is 0 Å². The van der Waals surface area contributed by atoms with Crippen LogP contribution in [0.3, 0.4) is 0 Å². The molecule has 0 aromatic heterocycles.